The Morgan fingerprint density at radius 2 is 1.00 bits per heavy atom. The maximum atomic E-state index is 8.93. The summed E-state index contributed by atoms with van der Waals surface area (Å²) in [5, 5.41) is 8.93. The molecular formula is C14H33ClN2O. The molecule has 0 atom stereocenters. The normalized spacial score (nSPS) is 9.78. The fourth-order valence-corrected chi connectivity index (χ4v) is 0.775. The lowest BCUT2D eigenvalue weighted by Crippen LogP contribution is -3.00. The molecule has 0 rings (SSSR count). The van der Waals surface area contributed by atoms with Crippen LogP contribution in [0.3, 0.4) is 0 Å². The van der Waals surface area contributed by atoms with Crippen molar-refractivity contribution >= 4 is 0 Å². The van der Waals surface area contributed by atoms with Crippen molar-refractivity contribution in [1.82, 2.24) is 0 Å². The van der Waals surface area contributed by atoms with E-state index in [2.05, 4.69) is 55.4 Å². The summed E-state index contributed by atoms with van der Waals surface area (Å²) in [6.07, 6.45) is 3.86. The maximum absolute atomic E-state index is 8.93. The molecule has 0 bridgehead atoms. The van der Waals surface area contributed by atoms with E-state index < -0.39 is 0 Å². The van der Waals surface area contributed by atoms with Gasteiger partial charge in [-0.15, -0.1) is 6.61 Å². The van der Waals surface area contributed by atoms with Crippen LogP contribution < -0.4 is 17.5 Å². The zero-order valence-corrected chi connectivity index (χ0v) is 14.1. The van der Waals surface area contributed by atoms with Gasteiger partial charge in [0.1, 0.15) is 0 Å². The minimum atomic E-state index is 0. The molecule has 0 fully saturated rings. The van der Waals surface area contributed by atoms with Gasteiger partial charge in [0.05, 0.1) is 55.4 Å². The van der Waals surface area contributed by atoms with Crippen molar-refractivity contribution in [2.24, 2.45) is 0 Å². The Morgan fingerprint density at radius 3 is 1.00 bits per heavy atom. The summed E-state index contributed by atoms with van der Waals surface area (Å²) in [6, 6.07) is 0. The highest BCUT2D eigenvalue weighted by molar-refractivity contribution is 4.63. The predicted octanol–water partition coefficient (Wildman–Crippen LogP) is -1.87. The summed E-state index contributed by atoms with van der Waals surface area (Å²) in [4.78, 5) is 0. The number of halogens is 1. The van der Waals surface area contributed by atoms with E-state index in [4.69, 9.17) is 5.11 Å². The molecule has 0 N–H and O–H groups in total. The van der Waals surface area contributed by atoms with Gasteiger partial charge in [0.15, 0.2) is 0 Å². The molecule has 0 saturated carbocycles. The molecule has 0 amide bonds. The molecule has 3 nitrogen and oxygen atoms in total. The van der Waals surface area contributed by atoms with Crippen LogP contribution in [-0.2, 0) is 0 Å². The monoisotopic (exact) mass is 280 g/mol. The van der Waals surface area contributed by atoms with Crippen LogP contribution in [0.1, 0.15) is 6.92 Å². The molecule has 0 aliphatic carbocycles. The van der Waals surface area contributed by atoms with Crippen LogP contribution in [-0.4, -0.2) is 70.9 Å². The Bertz CT molecular complexity index is 161. The van der Waals surface area contributed by atoms with Crippen molar-refractivity contribution in [2.45, 2.75) is 6.92 Å². The molecule has 0 aromatic heterocycles. The van der Waals surface area contributed by atoms with Crippen LogP contribution in [0.15, 0.2) is 25.3 Å². The zero-order valence-electron chi connectivity index (χ0n) is 13.4. The molecule has 0 saturated heterocycles. The van der Waals surface area contributed by atoms with Crippen LogP contribution in [0.25, 0.3) is 0 Å². The van der Waals surface area contributed by atoms with Crippen molar-refractivity contribution in [3.05, 3.63) is 25.3 Å². The summed E-state index contributed by atoms with van der Waals surface area (Å²) >= 11 is 0. The van der Waals surface area contributed by atoms with Gasteiger partial charge in [-0.3, -0.25) is 0 Å². The second-order valence-electron chi connectivity index (χ2n) is 5.81. The number of quaternary nitrogens is 2. The van der Waals surface area contributed by atoms with Crippen molar-refractivity contribution < 1.29 is 26.5 Å². The molecule has 0 aliphatic heterocycles. The quantitative estimate of drug-likeness (QED) is 0.437. The van der Waals surface area contributed by atoms with Crippen LogP contribution >= 0.6 is 0 Å². The van der Waals surface area contributed by atoms with E-state index in [9.17, 15) is 0 Å². The molecule has 112 valence electrons. The van der Waals surface area contributed by atoms with Crippen LogP contribution in [0.5, 0.6) is 0 Å². The number of hydrogen-bond donors (Lipinski definition) is 0. The van der Waals surface area contributed by atoms with Gasteiger partial charge in [0.25, 0.3) is 0 Å². The average molecular weight is 281 g/mol. The van der Waals surface area contributed by atoms with E-state index in [-0.39, 0.29) is 19.0 Å². The van der Waals surface area contributed by atoms with E-state index in [0.717, 1.165) is 22.1 Å². The van der Waals surface area contributed by atoms with Crippen molar-refractivity contribution in [3.63, 3.8) is 0 Å². The van der Waals surface area contributed by atoms with Crippen LogP contribution in [0, 0.1) is 0 Å². The van der Waals surface area contributed by atoms with Crippen molar-refractivity contribution in [1.29, 1.82) is 0 Å². The van der Waals surface area contributed by atoms with E-state index in [1.165, 1.54) is 0 Å². The zero-order chi connectivity index (χ0) is 14.5. The Labute approximate surface area is 121 Å². The Hall–Kier alpha value is -0.350. The fourth-order valence-electron chi connectivity index (χ4n) is 0.775. The largest absolute Gasteiger partial charge is 1.00 e. The fraction of sp³-hybridized carbons (Fsp3) is 0.714. The number of likely N-dealkylation sites (N-methyl/N-ethyl adjacent to an activating group) is 2. The first kappa shape index (κ1) is 26.3. The lowest BCUT2D eigenvalue weighted by Gasteiger charge is -2.21. The molecular weight excluding hydrogens is 248 g/mol. The maximum Gasteiger partial charge on any atom is 0.0964 e. The second-order valence-corrected chi connectivity index (χ2v) is 5.81. The third kappa shape index (κ3) is 57.4. The highest BCUT2D eigenvalue weighted by Crippen LogP contribution is 1.87. The lowest BCUT2D eigenvalue weighted by molar-refractivity contribution is -0.864. The van der Waals surface area contributed by atoms with Gasteiger partial charge in [-0.2, -0.15) is 0 Å². The van der Waals surface area contributed by atoms with Gasteiger partial charge in [-0.05, 0) is 12.2 Å². The molecule has 18 heavy (non-hydrogen) atoms. The topological polar surface area (TPSA) is 23.1 Å². The second kappa shape index (κ2) is 14.7. The first-order chi connectivity index (χ1) is 7.54. The summed E-state index contributed by atoms with van der Waals surface area (Å²) in [7, 11) is 12.8. The summed E-state index contributed by atoms with van der Waals surface area (Å²) in [5.74, 6) is 0. The average Bonchev–Trinajstić information content (AvgIpc) is 2.01. The van der Waals surface area contributed by atoms with E-state index in [1.807, 2.05) is 12.2 Å². The van der Waals surface area contributed by atoms with E-state index in [0.29, 0.717) is 0 Å². The Morgan fingerprint density at radius 1 is 0.833 bits per heavy atom. The SMILES string of the molecule is C=CC[N+](C)(C)C.C=CC[N+](C)(C)C.CC[O-].[Cl-]. The highest BCUT2D eigenvalue weighted by atomic mass is 35.5. The minimum absolute atomic E-state index is 0. The Kier molecular flexibility index (Phi) is 21.5. The van der Waals surface area contributed by atoms with Gasteiger partial charge < -0.3 is 26.5 Å². The van der Waals surface area contributed by atoms with Gasteiger partial charge in [-0.25, -0.2) is 0 Å². The smallest absolute Gasteiger partial charge is 0.0964 e. The standard InChI is InChI=1S/2C6H14N.C2H5O.ClH/c2*1-5-6-7(2,3)4;1-2-3;/h2*5H,1,6H2,2-4H3;2H2,1H3;1H/q2*+1;-1;/p-1. The van der Waals surface area contributed by atoms with Gasteiger partial charge >= 0.3 is 0 Å². The third-order valence-electron chi connectivity index (χ3n) is 1.35. The third-order valence-corrected chi connectivity index (χ3v) is 1.35. The molecule has 0 unspecified atom stereocenters. The Balaban J connectivity index is -0.0000000857. The molecule has 0 radical (unpaired) electrons. The number of rotatable bonds is 4. The minimum Gasteiger partial charge on any atom is -1.00 e. The lowest BCUT2D eigenvalue weighted by atomic mass is 10.5. The molecule has 0 spiro atoms. The highest BCUT2D eigenvalue weighted by Gasteiger charge is 2.00. The van der Waals surface area contributed by atoms with Crippen LogP contribution in [0.2, 0.25) is 0 Å². The first-order valence-corrected chi connectivity index (χ1v) is 5.94. The predicted molar refractivity (Wildman–Crippen MR) is 76.7 cm³/mol. The molecule has 0 aromatic carbocycles. The van der Waals surface area contributed by atoms with Gasteiger partial charge in [0, 0.05) is 0 Å². The van der Waals surface area contributed by atoms with Crippen molar-refractivity contribution in [3.8, 4) is 0 Å². The summed E-state index contributed by atoms with van der Waals surface area (Å²) in [5.41, 5.74) is 0. The van der Waals surface area contributed by atoms with E-state index >= 15 is 0 Å². The van der Waals surface area contributed by atoms with Crippen molar-refractivity contribution in [2.75, 3.05) is 62.0 Å². The van der Waals surface area contributed by atoms with Crippen LogP contribution in [0.4, 0.5) is 0 Å². The van der Waals surface area contributed by atoms with Gasteiger partial charge in [0.2, 0.25) is 0 Å². The summed E-state index contributed by atoms with van der Waals surface area (Å²) in [6.45, 7) is 10.9. The molecule has 0 heterocycles. The number of nitrogens with zero attached hydrogens (tertiary/aromatic N) is 2. The molecule has 0 aromatic rings. The van der Waals surface area contributed by atoms with Gasteiger partial charge in [-0.1, -0.05) is 20.1 Å². The first-order valence-electron chi connectivity index (χ1n) is 5.94. The molecule has 4 heteroatoms. The molecule has 0 aliphatic rings. The number of hydrogen-bond acceptors (Lipinski definition) is 1. The van der Waals surface area contributed by atoms with E-state index in [1.54, 1.807) is 6.92 Å². The summed E-state index contributed by atoms with van der Waals surface area (Å²) < 4.78 is 1.95.